The van der Waals surface area contributed by atoms with Gasteiger partial charge >= 0.3 is 0 Å². The highest BCUT2D eigenvalue weighted by atomic mass is 32.2. The second-order valence-corrected chi connectivity index (χ2v) is 7.05. The van der Waals surface area contributed by atoms with Gasteiger partial charge in [0.2, 0.25) is 0 Å². The molecule has 1 N–H and O–H groups in total. The summed E-state index contributed by atoms with van der Waals surface area (Å²) in [5.74, 6) is 0.315. The van der Waals surface area contributed by atoms with E-state index in [2.05, 4.69) is 9.62 Å². The number of nitrogens with one attached hydrogen (secondary N) is 1. The van der Waals surface area contributed by atoms with Crippen molar-refractivity contribution in [2.75, 3.05) is 43.0 Å². The lowest BCUT2D eigenvalue weighted by molar-refractivity contribution is 0.122. The molecule has 0 unspecified atom stereocenters. The normalized spacial score (nSPS) is 15.1. The zero-order chi connectivity index (χ0) is 17.0. The smallest absolute Gasteiger partial charge is 0.265 e. The summed E-state index contributed by atoms with van der Waals surface area (Å²) in [6.45, 7) is 3.10. The van der Waals surface area contributed by atoms with E-state index >= 15 is 0 Å². The van der Waals surface area contributed by atoms with Gasteiger partial charge in [0.25, 0.3) is 10.0 Å². The van der Waals surface area contributed by atoms with Crippen molar-refractivity contribution in [3.8, 4) is 5.75 Å². The molecular formula is C17H20N2O4S. The van der Waals surface area contributed by atoms with Crippen LogP contribution < -0.4 is 14.4 Å². The third kappa shape index (κ3) is 3.63. The highest BCUT2D eigenvalue weighted by Gasteiger charge is 2.19. The van der Waals surface area contributed by atoms with Crippen molar-refractivity contribution in [3.63, 3.8) is 0 Å². The summed E-state index contributed by atoms with van der Waals surface area (Å²) >= 11 is 0. The summed E-state index contributed by atoms with van der Waals surface area (Å²) in [5.41, 5.74) is 1.57. The van der Waals surface area contributed by atoms with Crippen LogP contribution >= 0.6 is 0 Å². The molecular weight excluding hydrogens is 328 g/mol. The average Bonchev–Trinajstić information content (AvgIpc) is 2.63. The molecule has 1 heterocycles. The maximum atomic E-state index is 12.5. The van der Waals surface area contributed by atoms with E-state index in [1.807, 2.05) is 12.1 Å². The molecule has 7 heteroatoms. The minimum absolute atomic E-state index is 0.116. The Balaban J connectivity index is 1.77. The second kappa shape index (κ2) is 7.11. The number of ether oxygens (including phenoxy) is 2. The Bertz CT molecular complexity index is 784. The third-order valence-corrected chi connectivity index (χ3v) is 5.28. The minimum atomic E-state index is -3.70. The van der Waals surface area contributed by atoms with Gasteiger partial charge in [-0.25, -0.2) is 8.42 Å². The van der Waals surface area contributed by atoms with Crippen molar-refractivity contribution >= 4 is 21.4 Å². The fraction of sp³-hybridized carbons (Fsp3) is 0.294. The molecule has 0 spiro atoms. The molecule has 2 aromatic carbocycles. The zero-order valence-corrected chi connectivity index (χ0v) is 14.3. The number of rotatable bonds is 5. The van der Waals surface area contributed by atoms with Crippen LogP contribution in [0, 0.1) is 0 Å². The molecule has 0 saturated carbocycles. The first-order valence-electron chi connectivity index (χ1n) is 7.69. The van der Waals surface area contributed by atoms with Gasteiger partial charge < -0.3 is 14.4 Å². The molecule has 6 nitrogen and oxygen atoms in total. The van der Waals surface area contributed by atoms with Crippen LogP contribution in [-0.4, -0.2) is 41.8 Å². The van der Waals surface area contributed by atoms with Crippen molar-refractivity contribution in [2.24, 2.45) is 0 Å². The van der Waals surface area contributed by atoms with Crippen LogP contribution in [0.4, 0.5) is 11.4 Å². The van der Waals surface area contributed by atoms with Gasteiger partial charge in [0, 0.05) is 24.5 Å². The second-order valence-electron chi connectivity index (χ2n) is 5.40. The van der Waals surface area contributed by atoms with E-state index in [-0.39, 0.29) is 4.90 Å². The van der Waals surface area contributed by atoms with E-state index < -0.39 is 10.0 Å². The highest BCUT2D eigenvalue weighted by molar-refractivity contribution is 7.92. The Labute approximate surface area is 142 Å². The Hall–Kier alpha value is -2.25. The quantitative estimate of drug-likeness (QED) is 0.898. The summed E-state index contributed by atoms with van der Waals surface area (Å²) in [6, 6.07) is 13.9. The Morgan fingerprint density at radius 1 is 1.04 bits per heavy atom. The monoisotopic (exact) mass is 348 g/mol. The Kier molecular flexibility index (Phi) is 4.92. The van der Waals surface area contributed by atoms with Gasteiger partial charge in [-0.2, -0.15) is 0 Å². The number of nitrogens with zero attached hydrogens (tertiary/aromatic N) is 1. The number of sulfonamides is 1. The predicted octanol–water partition coefficient (Wildman–Crippen LogP) is 2.33. The van der Waals surface area contributed by atoms with Gasteiger partial charge in [-0.3, -0.25) is 4.72 Å². The van der Waals surface area contributed by atoms with Crippen molar-refractivity contribution < 1.29 is 17.9 Å². The standard InChI is InChI=1S/C17H20N2O4S/c1-22-16-4-2-3-5-17(16)24(20,21)18-14-6-8-15(9-7-14)19-10-12-23-13-11-19/h2-9,18H,10-13H2,1H3. The molecule has 0 aliphatic carbocycles. The fourth-order valence-corrected chi connectivity index (χ4v) is 3.84. The van der Waals surface area contributed by atoms with Crippen LogP contribution in [0.3, 0.4) is 0 Å². The lowest BCUT2D eigenvalue weighted by Crippen LogP contribution is -2.36. The van der Waals surface area contributed by atoms with Crippen LogP contribution in [0.5, 0.6) is 5.75 Å². The van der Waals surface area contributed by atoms with Crippen molar-refractivity contribution in [3.05, 3.63) is 48.5 Å². The Morgan fingerprint density at radius 2 is 1.71 bits per heavy atom. The van der Waals surface area contributed by atoms with Crippen LogP contribution in [0.2, 0.25) is 0 Å². The van der Waals surface area contributed by atoms with Gasteiger partial charge in [-0.05, 0) is 36.4 Å². The number of morpholine rings is 1. The van der Waals surface area contributed by atoms with Crippen LogP contribution in [0.15, 0.2) is 53.4 Å². The van der Waals surface area contributed by atoms with E-state index in [0.717, 1.165) is 18.8 Å². The summed E-state index contributed by atoms with van der Waals surface area (Å²) in [7, 11) is -2.25. The first-order chi connectivity index (χ1) is 11.6. The summed E-state index contributed by atoms with van der Waals surface area (Å²) < 4.78 is 38.2. The lowest BCUT2D eigenvalue weighted by Gasteiger charge is -2.28. The topological polar surface area (TPSA) is 67.9 Å². The molecule has 0 radical (unpaired) electrons. The van der Waals surface area contributed by atoms with Gasteiger partial charge in [0.15, 0.2) is 0 Å². The van der Waals surface area contributed by atoms with Crippen LogP contribution in [-0.2, 0) is 14.8 Å². The van der Waals surface area contributed by atoms with Crippen LogP contribution in [0.1, 0.15) is 0 Å². The molecule has 128 valence electrons. The van der Waals surface area contributed by atoms with Crippen molar-refractivity contribution in [1.82, 2.24) is 0 Å². The molecule has 3 rings (SSSR count). The number of hydrogen-bond donors (Lipinski definition) is 1. The maximum Gasteiger partial charge on any atom is 0.265 e. The molecule has 0 aromatic heterocycles. The summed E-state index contributed by atoms with van der Waals surface area (Å²) in [4.78, 5) is 2.33. The predicted molar refractivity (Wildman–Crippen MR) is 93.3 cm³/mol. The van der Waals surface area contributed by atoms with Gasteiger partial charge in [-0.1, -0.05) is 12.1 Å². The average molecular weight is 348 g/mol. The van der Waals surface area contributed by atoms with Gasteiger partial charge in [0.05, 0.1) is 20.3 Å². The third-order valence-electron chi connectivity index (χ3n) is 3.85. The molecule has 2 aromatic rings. The number of methoxy groups -OCH3 is 1. The SMILES string of the molecule is COc1ccccc1S(=O)(=O)Nc1ccc(N2CCOCC2)cc1. The van der Waals surface area contributed by atoms with E-state index in [9.17, 15) is 8.42 Å². The number of benzene rings is 2. The minimum Gasteiger partial charge on any atom is -0.495 e. The summed E-state index contributed by atoms with van der Waals surface area (Å²) in [6.07, 6.45) is 0. The van der Waals surface area contributed by atoms with Crippen LogP contribution in [0.25, 0.3) is 0 Å². The zero-order valence-electron chi connectivity index (χ0n) is 13.4. The van der Waals surface area contributed by atoms with E-state index in [1.165, 1.54) is 13.2 Å². The maximum absolute atomic E-state index is 12.5. The van der Waals surface area contributed by atoms with Gasteiger partial charge in [-0.15, -0.1) is 0 Å². The van der Waals surface area contributed by atoms with E-state index in [4.69, 9.17) is 9.47 Å². The lowest BCUT2D eigenvalue weighted by atomic mass is 10.2. The fourth-order valence-electron chi connectivity index (χ4n) is 2.61. The molecule has 1 aliphatic rings. The number of anilines is 2. The summed E-state index contributed by atoms with van der Waals surface area (Å²) in [5, 5.41) is 0. The van der Waals surface area contributed by atoms with Gasteiger partial charge in [0.1, 0.15) is 10.6 Å². The molecule has 0 atom stereocenters. The first kappa shape index (κ1) is 16.6. The molecule has 1 aliphatic heterocycles. The number of para-hydroxylation sites is 1. The molecule has 0 bridgehead atoms. The molecule has 0 amide bonds. The largest absolute Gasteiger partial charge is 0.495 e. The highest BCUT2D eigenvalue weighted by Crippen LogP contribution is 2.26. The number of hydrogen-bond acceptors (Lipinski definition) is 5. The molecule has 24 heavy (non-hydrogen) atoms. The first-order valence-corrected chi connectivity index (χ1v) is 9.17. The molecule has 1 saturated heterocycles. The Morgan fingerprint density at radius 3 is 2.38 bits per heavy atom. The van der Waals surface area contributed by atoms with Crippen molar-refractivity contribution in [2.45, 2.75) is 4.90 Å². The van der Waals surface area contributed by atoms with E-state index in [1.54, 1.807) is 30.3 Å². The van der Waals surface area contributed by atoms with E-state index in [0.29, 0.717) is 24.7 Å². The molecule has 1 fully saturated rings. The van der Waals surface area contributed by atoms with Crippen molar-refractivity contribution in [1.29, 1.82) is 0 Å².